The predicted octanol–water partition coefficient (Wildman–Crippen LogP) is 0.907. The summed E-state index contributed by atoms with van der Waals surface area (Å²) in [6, 6.07) is 0. The van der Waals surface area contributed by atoms with E-state index >= 15 is 0 Å². The highest BCUT2D eigenvalue weighted by Crippen LogP contribution is 1.82. The summed E-state index contributed by atoms with van der Waals surface area (Å²) in [5.41, 5.74) is 0. The Morgan fingerprint density at radius 1 is 1.62 bits per heavy atom. The molecule has 46 valence electrons. The number of hydrogen-bond acceptors (Lipinski definition) is 4. The molecule has 0 saturated carbocycles. The highest BCUT2D eigenvalue weighted by molar-refractivity contribution is 7.81. The molecular weight excluding hydrogens is 124 g/mol. The Labute approximate surface area is 53.5 Å². The van der Waals surface area contributed by atoms with E-state index in [-0.39, 0.29) is 17.5 Å². The number of nitrogens with one attached hydrogen (secondary N) is 2. The van der Waals surface area contributed by atoms with Crippen molar-refractivity contribution >= 4 is 24.4 Å². The Morgan fingerprint density at radius 3 is 2.25 bits per heavy atom. The highest BCUT2D eigenvalue weighted by atomic mass is 32.1. The number of hydrogen-bond donors (Lipinski definition) is 3. The van der Waals surface area contributed by atoms with Crippen LogP contribution in [0.5, 0.6) is 0 Å². The smallest absolute Gasteiger partial charge is 0.198 e. The van der Waals surface area contributed by atoms with Gasteiger partial charge in [-0.05, 0) is 0 Å². The molecule has 0 aromatic rings. The SMILES string of the molecule is CC(=N)OC(=N)CS. The van der Waals surface area contributed by atoms with Crippen molar-refractivity contribution in [2.45, 2.75) is 6.92 Å². The van der Waals surface area contributed by atoms with Gasteiger partial charge in [0.2, 0.25) is 0 Å². The summed E-state index contributed by atoms with van der Waals surface area (Å²) in [4.78, 5) is 0. The number of ether oxygens (including phenoxy) is 1. The van der Waals surface area contributed by atoms with Crippen molar-refractivity contribution in [2.75, 3.05) is 5.75 Å². The van der Waals surface area contributed by atoms with Gasteiger partial charge in [0.15, 0.2) is 11.8 Å². The number of rotatable bonds is 1. The summed E-state index contributed by atoms with van der Waals surface area (Å²) in [5, 5.41) is 13.6. The van der Waals surface area contributed by atoms with Gasteiger partial charge < -0.3 is 4.74 Å². The Morgan fingerprint density at radius 2 is 2.12 bits per heavy atom. The van der Waals surface area contributed by atoms with Crippen molar-refractivity contribution in [3.63, 3.8) is 0 Å². The molecule has 0 atom stereocenters. The van der Waals surface area contributed by atoms with Crippen molar-refractivity contribution in [1.29, 1.82) is 10.8 Å². The molecule has 0 aliphatic carbocycles. The van der Waals surface area contributed by atoms with Crippen molar-refractivity contribution in [1.82, 2.24) is 0 Å². The van der Waals surface area contributed by atoms with Crippen LogP contribution in [0, 0.1) is 10.8 Å². The minimum absolute atomic E-state index is 0.0147. The molecule has 0 spiro atoms. The highest BCUT2D eigenvalue weighted by Gasteiger charge is 1.92. The second-order valence-electron chi connectivity index (χ2n) is 1.24. The van der Waals surface area contributed by atoms with Gasteiger partial charge >= 0.3 is 0 Å². The molecule has 0 aromatic heterocycles. The third-order valence-electron chi connectivity index (χ3n) is 0.420. The summed E-state index contributed by atoms with van der Waals surface area (Å²) in [6.07, 6.45) is 0. The Kier molecular flexibility index (Phi) is 3.26. The first-order chi connectivity index (χ1) is 3.66. The topological polar surface area (TPSA) is 56.9 Å². The maximum absolute atomic E-state index is 6.83. The third kappa shape index (κ3) is 3.67. The molecule has 0 unspecified atom stereocenters. The van der Waals surface area contributed by atoms with Crippen molar-refractivity contribution in [3.8, 4) is 0 Å². The minimum Gasteiger partial charge on any atom is -0.429 e. The lowest BCUT2D eigenvalue weighted by atomic mass is 10.7. The molecule has 0 aliphatic rings. The molecular formula is C4H8N2OS. The quantitative estimate of drug-likeness (QED) is 0.277. The van der Waals surface area contributed by atoms with E-state index in [1.165, 1.54) is 6.92 Å². The van der Waals surface area contributed by atoms with Gasteiger partial charge in [-0.2, -0.15) is 12.6 Å². The standard InChI is InChI=1S/C4H8N2OS/c1-3(5)7-4(6)2-8/h5-6,8H,2H2,1H3. The van der Waals surface area contributed by atoms with Crippen LogP contribution in [0.25, 0.3) is 0 Å². The van der Waals surface area contributed by atoms with E-state index in [9.17, 15) is 0 Å². The average molecular weight is 132 g/mol. The average Bonchev–Trinajstić information content (AvgIpc) is 1.65. The van der Waals surface area contributed by atoms with Crippen molar-refractivity contribution in [2.24, 2.45) is 0 Å². The molecule has 2 N–H and O–H groups in total. The molecule has 8 heavy (non-hydrogen) atoms. The van der Waals surface area contributed by atoms with E-state index in [4.69, 9.17) is 10.8 Å². The van der Waals surface area contributed by atoms with Crippen LogP contribution in [-0.4, -0.2) is 17.5 Å². The van der Waals surface area contributed by atoms with Crippen molar-refractivity contribution in [3.05, 3.63) is 0 Å². The third-order valence-corrected chi connectivity index (χ3v) is 0.707. The Hall–Kier alpha value is -0.510. The fourth-order valence-corrected chi connectivity index (χ4v) is 0.282. The van der Waals surface area contributed by atoms with Gasteiger partial charge in [0.25, 0.3) is 0 Å². The van der Waals surface area contributed by atoms with Gasteiger partial charge in [-0.3, -0.25) is 10.8 Å². The predicted molar refractivity (Wildman–Crippen MR) is 36.1 cm³/mol. The van der Waals surface area contributed by atoms with Gasteiger partial charge in [-0.1, -0.05) is 0 Å². The fourth-order valence-electron chi connectivity index (χ4n) is 0.217. The van der Waals surface area contributed by atoms with Gasteiger partial charge in [0, 0.05) is 6.92 Å². The Bertz CT molecular complexity index is 113. The van der Waals surface area contributed by atoms with Gasteiger partial charge in [0.05, 0.1) is 5.75 Å². The normalized spacial score (nSPS) is 8.25. The van der Waals surface area contributed by atoms with E-state index in [0.717, 1.165) is 0 Å². The van der Waals surface area contributed by atoms with E-state index in [2.05, 4.69) is 17.4 Å². The van der Waals surface area contributed by atoms with Crippen LogP contribution in [-0.2, 0) is 4.74 Å². The molecule has 0 aliphatic heterocycles. The summed E-state index contributed by atoms with van der Waals surface area (Å²) in [5.74, 6) is 0.292. The second kappa shape index (κ2) is 3.49. The van der Waals surface area contributed by atoms with E-state index < -0.39 is 0 Å². The summed E-state index contributed by atoms with van der Waals surface area (Å²) in [7, 11) is 0. The zero-order chi connectivity index (χ0) is 6.57. The van der Waals surface area contributed by atoms with Crippen LogP contribution in [0.1, 0.15) is 6.92 Å². The Balaban J connectivity index is 3.40. The van der Waals surface area contributed by atoms with Crippen LogP contribution in [0.2, 0.25) is 0 Å². The molecule has 0 rings (SSSR count). The molecule has 0 radical (unpaired) electrons. The summed E-state index contributed by atoms with van der Waals surface area (Å²) >= 11 is 3.74. The van der Waals surface area contributed by atoms with Crippen molar-refractivity contribution < 1.29 is 4.74 Å². The van der Waals surface area contributed by atoms with Crippen LogP contribution >= 0.6 is 12.6 Å². The fraction of sp³-hybridized carbons (Fsp3) is 0.500. The first kappa shape index (κ1) is 7.49. The zero-order valence-corrected chi connectivity index (χ0v) is 5.46. The molecule has 3 nitrogen and oxygen atoms in total. The van der Waals surface area contributed by atoms with Gasteiger partial charge in [-0.25, -0.2) is 0 Å². The lowest BCUT2D eigenvalue weighted by Gasteiger charge is -1.98. The van der Waals surface area contributed by atoms with Crippen LogP contribution in [0.15, 0.2) is 0 Å². The first-order valence-electron chi connectivity index (χ1n) is 2.08. The molecule has 0 fully saturated rings. The molecule has 4 heteroatoms. The molecule has 0 aromatic carbocycles. The lowest BCUT2D eigenvalue weighted by molar-refractivity contribution is 0.528. The summed E-state index contributed by atoms with van der Waals surface area (Å²) < 4.78 is 4.49. The molecule has 0 bridgehead atoms. The minimum atomic E-state index is 0.0147. The van der Waals surface area contributed by atoms with E-state index in [0.29, 0.717) is 0 Å². The maximum Gasteiger partial charge on any atom is 0.198 e. The monoisotopic (exact) mass is 132 g/mol. The van der Waals surface area contributed by atoms with Gasteiger partial charge in [0.1, 0.15) is 0 Å². The van der Waals surface area contributed by atoms with Crippen LogP contribution in [0.3, 0.4) is 0 Å². The largest absolute Gasteiger partial charge is 0.429 e. The summed E-state index contributed by atoms with van der Waals surface area (Å²) in [6.45, 7) is 1.47. The molecule has 0 heterocycles. The second-order valence-corrected chi connectivity index (χ2v) is 1.56. The first-order valence-corrected chi connectivity index (χ1v) is 2.71. The lowest BCUT2D eigenvalue weighted by Crippen LogP contribution is -2.07. The van der Waals surface area contributed by atoms with E-state index in [1.807, 2.05) is 0 Å². The zero-order valence-electron chi connectivity index (χ0n) is 4.56. The maximum atomic E-state index is 6.83. The van der Waals surface area contributed by atoms with Crippen LogP contribution < -0.4 is 0 Å². The number of thiol groups is 1. The molecule has 0 amide bonds. The van der Waals surface area contributed by atoms with Crippen LogP contribution in [0.4, 0.5) is 0 Å². The van der Waals surface area contributed by atoms with E-state index in [1.54, 1.807) is 0 Å². The van der Waals surface area contributed by atoms with Gasteiger partial charge in [-0.15, -0.1) is 0 Å². The molecule has 0 saturated heterocycles.